The Morgan fingerprint density at radius 2 is 1.81 bits per heavy atom. The second kappa shape index (κ2) is 8.70. The molecule has 0 saturated carbocycles. The number of halogens is 2. The van der Waals surface area contributed by atoms with Crippen molar-refractivity contribution in [3.05, 3.63) is 28.5 Å². The molecule has 1 saturated heterocycles. The molecule has 1 aromatic carbocycles. The first-order valence-electron chi connectivity index (χ1n) is 8.07. The number of hydrogen-bond donors (Lipinski definition) is 1. The molecule has 0 unspecified atom stereocenters. The lowest BCUT2D eigenvalue weighted by molar-refractivity contribution is 0.0419. The van der Waals surface area contributed by atoms with Gasteiger partial charge in [0.15, 0.2) is 0 Å². The Bertz CT molecular complexity index is 715. The highest BCUT2D eigenvalue weighted by atomic mass is 35.5. The van der Waals surface area contributed by atoms with Gasteiger partial charge in [-0.15, -0.1) is 0 Å². The van der Waals surface area contributed by atoms with Crippen molar-refractivity contribution in [3.63, 3.8) is 0 Å². The highest BCUT2D eigenvalue weighted by molar-refractivity contribution is 6.33. The predicted octanol–water partition coefficient (Wildman–Crippen LogP) is 3.27. The van der Waals surface area contributed by atoms with E-state index in [0.717, 1.165) is 22.2 Å². The summed E-state index contributed by atoms with van der Waals surface area (Å²) in [6, 6.07) is 1.28. The molecule has 10 heteroatoms. The first kappa shape index (κ1) is 19.8. The van der Waals surface area contributed by atoms with Gasteiger partial charge in [0.05, 0.1) is 29.5 Å². The first-order valence-corrected chi connectivity index (χ1v) is 8.45. The summed E-state index contributed by atoms with van der Waals surface area (Å²) < 4.78 is 23.9. The summed E-state index contributed by atoms with van der Waals surface area (Å²) in [5.41, 5.74) is -0.327. The van der Waals surface area contributed by atoms with Crippen molar-refractivity contribution in [1.29, 1.82) is 0 Å². The Morgan fingerprint density at radius 1 is 1.15 bits per heavy atom. The summed E-state index contributed by atoms with van der Waals surface area (Å²) in [5, 5.41) is 4.47. The maximum absolute atomic E-state index is 14.1. The molecule has 1 fully saturated rings. The maximum atomic E-state index is 14.1. The molecule has 3 amide bonds. The van der Waals surface area contributed by atoms with Crippen LogP contribution in [0.5, 0.6) is 0 Å². The summed E-state index contributed by atoms with van der Waals surface area (Å²) in [7, 11) is 0. The van der Waals surface area contributed by atoms with Crippen LogP contribution in [0.25, 0.3) is 0 Å². The zero-order chi connectivity index (χ0) is 19.3. The van der Waals surface area contributed by atoms with Crippen LogP contribution in [-0.2, 0) is 9.47 Å². The Labute approximate surface area is 154 Å². The van der Waals surface area contributed by atoms with Crippen LogP contribution in [0.3, 0.4) is 0 Å². The molecular weight excluding hydrogens is 369 g/mol. The molecule has 8 nitrogen and oxygen atoms in total. The van der Waals surface area contributed by atoms with Gasteiger partial charge in [0.25, 0.3) is 0 Å². The third kappa shape index (κ3) is 4.34. The minimum absolute atomic E-state index is 0.0751. The number of rotatable bonds is 4. The average molecular weight is 388 g/mol. The predicted molar refractivity (Wildman–Crippen MR) is 91.4 cm³/mol. The van der Waals surface area contributed by atoms with E-state index in [2.05, 4.69) is 5.32 Å². The van der Waals surface area contributed by atoms with Crippen molar-refractivity contribution in [1.82, 2.24) is 10.0 Å². The van der Waals surface area contributed by atoms with Crippen LogP contribution in [0, 0.1) is 5.82 Å². The minimum Gasteiger partial charge on any atom is -0.462 e. The van der Waals surface area contributed by atoms with Gasteiger partial charge in [-0.25, -0.2) is 28.8 Å². The summed E-state index contributed by atoms with van der Waals surface area (Å²) in [6.45, 7) is 4.14. The fraction of sp³-hybridized carbons (Fsp3) is 0.438. The van der Waals surface area contributed by atoms with Crippen molar-refractivity contribution in [2.24, 2.45) is 0 Å². The molecule has 0 atom stereocenters. The van der Waals surface area contributed by atoms with Crippen molar-refractivity contribution >= 4 is 35.4 Å². The number of hydrazine groups is 1. The number of hydrogen-bond acceptors (Lipinski definition) is 5. The Kier molecular flexibility index (Phi) is 6.62. The molecule has 1 N–H and O–H groups in total. The number of ether oxygens (including phenoxy) is 2. The lowest BCUT2D eigenvalue weighted by Crippen LogP contribution is -2.47. The number of anilines is 1. The van der Waals surface area contributed by atoms with E-state index in [1.807, 2.05) is 0 Å². The van der Waals surface area contributed by atoms with E-state index in [1.165, 1.54) is 0 Å². The molecule has 0 radical (unpaired) electrons. The monoisotopic (exact) mass is 387 g/mol. The van der Waals surface area contributed by atoms with Crippen molar-refractivity contribution < 1.29 is 28.2 Å². The number of carbonyl (C=O) groups is 3. The van der Waals surface area contributed by atoms with E-state index < -0.39 is 23.9 Å². The zero-order valence-corrected chi connectivity index (χ0v) is 15.1. The SMILES string of the molecule is CCOC(=O)c1cc(NC(=O)N2CCCN2C(=O)OCC)c(F)cc1Cl. The summed E-state index contributed by atoms with van der Waals surface area (Å²) in [4.78, 5) is 36.2. The van der Waals surface area contributed by atoms with Gasteiger partial charge in [0.2, 0.25) is 0 Å². The molecular formula is C16H19ClFN3O5. The molecule has 142 valence electrons. The van der Waals surface area contributed by atoms with Crippen LogP contribution in [-0.4, -0.2) is 54.4 Å². The third-order valence-corrected chi connectivity index (χ3v) is 3.85. The van der Waals surface area contributed by atoms with Gasteiger partial charge in [-0.3, -0.25) is 0 Å². The van der Waals surface area contributed by atoms with E-state index in [0.29, 0.717) is 13.0 Å². The highest BCUT2D eigenvalue weighted by Gasteiger charge is 2.32. The standard InChI is InChI=1S/C16H19ClFN3O5/c1-3-25-14(22)10-8-13(12(18)9-11(10)17)19-15(23)20-6-5-7-21(20)16(24)26-4-2/h8-9H,3-7H2,1-2H3,(H,19,23). The van der Waals surface area contributed by atoms with E-state index in [-0.39, 0.29) is 36.0 Å². The second-order valence-corrected chi connectivity index (χ2v) is 5.67. The summed E-state index contributed by atoms with van der Waals surface area (Å²) in [5.74, 6) is -1.55. The molecule has 1 aliphatic heterocycles. The fourth-order valence-electron chi connectivity index (χ4n) is 2.40. The number of carbonyl (C=O) groups excluding carboxylic acids is 3. The second-order valence-electron chi connectivity index (χ2n) is 5.26. The van der Waals surface area contributed by atoms with Crippen LogP contribution in [0.1, 0.15) is 30.6 Å². The molecule has 0 bridgehead atoms. The van der Waals surface area contributed by atoms with Crippen LogP contribution in [0.2, 0.25) is 5.02 Å². The Hall–Kier alpha value is -2.55. The normalized spacial score (nSPS) is 13.5. The van der Waals surface area contributed by atoms with Crippen molar-refractivity contribution in [2.75, 3.05) is 31.6 Å². The topological polar surface area (TPSA) is 88.2 Å². The zero-order valence-electron chi connectivity index (χ0n) is 14.4. The number of nitrogens with zero attached hydrogens (tertiary/aromatic N) is 2. The lowest BCUT2D eigenvalue weighted by Gasteiger charge is -2.27. The third-order valence-electron chi connectivity index (χ3n) is 3.54. The molecule has 0 aliphatic carbocycles. The van der Waals surface area contributed by atoms with Crippen molar-refractivity contribution in [2.45, 2.75) is 20.3 Å². The molecule has 0 spiro atoms. The molecule has 2 rings (SSSR count). The first-order chi connectivity index (χ1) is 12.4. The largest absolute Gasteiger partial charge is 0.462 e. The van der Waals surface area contributed by atoms with Gasteiger partial charge in [-0.1, -0.05) is 11.6 Å². The smallest absolute Gasteiger partial charge is 0.428 e. The van der Waals surface area contributed by atoms with Crippen LogP contribution in [0.15, 0.2) is 12.1 Å². The van der Waals surface area contributed by atoms with E-state index in [4.69, 9.17) is 21.1 Å². The van der Waals surface area contributed by atoms with E-state index in [9.17, 15) is 18.8 Å². The Morgan fingerprint density at radius 3 is 2.46 bits per heavy atom. The maximum Gasteiger partial charge on any atom is 0.428 e. The minimum atomic E-state index is -0.821. The van der Waals surface area contributed by atoms with Gasteiger partial charge < -0.3 is 14.8 Å². The molecule has 1 aromatic rings. The van der Waals surface area contributed by atoms with Gasteiger partial charge in [-0.2, -0.15) is 0 Å². The average Bonchev–Trinajstić information content (AvgIpc) is 3.07. The summed E-state index contributed by atoms with van der Waals surface area (Å²) >= 11 is 5.86. The van der Waals surface area contributed by atoms with Crippen LogP contribution in [0.4, 0.5) is 19.7 Å². The number of urea groups is 1. The van der Waals surface area contributed by atoms with Crippen LogP contribution >= 0.6 is 11.6 Å². The molecule has 26 heavy (non-hydrogen) atoms. The molecule has 1 aliphatic rings. The van der Waals surface area contributed by atoms with Gasteiger partial charge in [-0.05, 0) is 32.4 Å². The molecule has 1 heterocycles. The van der Waals surface area contributed by atoms with E-state index in [1.54, 1.807) is 13.8 Å². The number of benzene rings is 1. The summed E-state index contributed by atoms with van der Waals surface area (Å²) in [6.07, 6.45) is -0.104. The van der Waals surface area contributed by atoms with Gasteiger partial charge >= 0.3 is 18.1 Å². The van der Waals surface area contributed by atoms with E-state index >= 15 is 0 Å². The molecule has 0 aromatic heterocycles. The fourth-order valence-corrected chi connectivity index (χ4v) is 2.63. The van der Waals surface area contributed by atoms with Crippen LogP contribution < -0.4 is 5.32 Å². The van der Waals surface area contributed by atoms with Crippen molar-refractivity contribution in [3.8, 4) is 0 Å². The number of nitrogens with one attached hydrogen (secondary N) is 1. The Balaban J connectivity index is 2.19. The van der Waals surface area contributed by atoms with Gasteiger partial charge in [0, 0.05) is 13.1 Å². The lowest BCUT2D eigenvalue weighted by atomic mass is 10.2. The number of esters is 1. The highest BCUT2D eigenvalue weighted by Crippen LogP contribution is 2.26. The quantitative estimate of drug-likeness (QED) is 0.801. The van der Waals surface area contributed by atoms with Gasteiger partial charge in [0.1, 0.15) is 5.82 Å². The number of amides is 3.